The normalized spacial score (nSPS) is 20.0. The smallest absolute Gasteiger partial charge is 0.295 e. The minimum Gasteiger partial charge on any atom is -0.507 e. The SMILES string of the molecule is CCCCOc1ccc(/C(O)=C2\C(=O)C(=O)N(CCCN3CCOCC3)[C@@H]2c2cccc(Br)c2)cc1C. The number of likely N-dealkylation sites (tertiary alicyclic amines) is 1. The second kappa shape index (κ2) is 12.7. The number of amides is 1. The van der Waals surface area contributed by atoms with Gasteiger partial charge in [0.25, 0.3) is 11.7 Å². The molecule has 2 aliphatic rings. The van der Waals surface area contributed by atoms with E-state index in [4.69, 9.17) is 9.47 Å². The molecule has 0 radical (unpaired) electrons. The Bertz CT molecular complexity index is 1160. The number of morpholine rings is 1. The zero-order valence-electron chi connectivity index (χ0n) is 21.5. The van der Waals surface area contributed by atoms with Gasteiger partial charge in [-0.05, 0) is 61.2 Å². The molecule has 2 saturated heterocycles. The number of carbonyl (C=O) groups excluding carboxylic acids is 2. The number of rotatable bonds is 10. The second-order valence-electron chi connectivity index (χ2n) is 9.54. The lowest BCUT2D eigenvalue weighted by atomic mass is 9.94. The van der Waals surface area contributed by atoms with Crippen molar-refractivity contribution in [3.05, 3.63) is 69.2 Å². The maximum atomic E-state index is 13.3. The second-order valence-corrected chi connectivity index (χ2v) is 10.5. The fourth-order valence-electron chi connectivity index (χ4n) is 4.86. The van der Waals surface area contributed by atoms with Crippen LogP contribution in [-0.4, -0.2) is 72.6 Å². The lowest BCUT2D eigenvalue weighted by molar-refractivity contribution is -0.140. The lowest BCUT2D eigenvalue weighted by Gasteiger charge is -2.29. The van der Waals surface area contributed by atoms with Crippen molar-refractivity contribution < 1.29 is 24.2 Å². The van der Waals surface area contributed by atoms with Crippen molar-refractivity contribution in [3.8, 4) is 5.75 Å². The highest BCUT2D eigenvalue weighted by molar-refractivity contribution is 9.10. The van der Waals surface area contributed by atoms with Gasteiger partial charge < -0.3 is 19.5 Å². The van der Waals surface area contributed by atoms with Gasteiger partial charge in [0.05, 0.1) is 31.4 Å². The van der Waals surface area contributed by atoms with E-state index in [0.29, 0.717) is 31.9 Å². The summed E-state index contributed by atoms with van der Waals surface area (Å²) in [6, 6.07) is 12.3. The van der Waals surface area contributed by atoms with E-state index in [1.165, 1.54) is 0 Å². The van der Waals surface area contributed by atoms with Crippen LogP contribution in [0.25, 0.3) is 5.76 Å². The van der Waals surface area contributed by atoms with Crippen LogP contribution in [-0.2, 0) is 14.3 Å². The van der Waals surface area contributed by atoms with Gasteiger partial charge in [-0.2, -0.15) is 0 Å². The standard InChI is InChI=1S/C29H35BrN2O5/c1-3-4-15-37-24-10-9-22(18-20(24)2)27(33)25-26(21-7-5-8-23(30)19-21)32(29(35)28(25)34)12-6-11-31-13-16-36-17-14-31/h5,7-10,18-19,26,33H,3-4,6,11-17H2,1-2H3/b27-25+/t26-/m1/s1. The van der Waals surface area contributed by atoms with Crippen LogP contribution in [0.4, 0.5) is 0 Å². The largest absolute Gasteiger partial charge is 0.507 e. The molecule has 2 heterocycles. The zero-order chi connectivity index (χ0) is 26.4. The third-order valence-corrected chi connectivity index (χ3v) is 7.38. The number of nitrogens with zero attached hydrogens (tertiary/aromatic N) is 2. The Balaban J connectivity index is 1.64. The van der Waals surface area contributed by atoms with E-state index in [9.17, 15) is 14.7 Å². The van der Waals surface area contributed by atoms with Crippen molar-refractivity contribution in [1.29, 1.82) is 0 Å². The number of benzene rings is 2. The molecule has 1 N–H and O–H groups in total. The molecule has 1 amide bonds. The maximum absolute atomic E-state index is 13.3. The molecule has 8 heteroatoms. The molecule has 2 aromatic carbocycles. The van der Waals surface area contributed by atoms with Crippen LogP contribution >= 0.6 is 15.9 Å². The first-order valence-electron chi connectivity index (χ1n) is 13.0. The summed E-state index contributed by atoms with van der Waals surface area (Å²) in [5.74, 6) is -0.654. The molecule has 0 spiro atoms. The molecule has 1 atom stereocenters. The number of unbranched alkanes of at least 4 members (excludes halogenated alkanes) is 1. The highest BCUT2D eigenvalue weighted by atomic mass is 79.9. The quantitative estimate of drug-likeness (QED) is 0.186. The summed E-state index contributed by atoms with van der Waals surface area (Å²) >= 11 is 3.51. The van der Waals surface area contributed by atoms with Crippen molar-refractivity contribution in [1.82, 2.24) is 9.80 Å². The summed E-state index contributed by atoms with van der Waals surface area (Å²) in [5, 5.41) is 11.4. The van der Waals surface area contributed by atoms with Crippen LogP contribution in [0.15, 0.2) is 52.5 Å². The Hall–Kier alpha value is -2.68. The molecule has 198 valence electrons. The average molecular weight is 572 g/mol. The number of aryl methyl sites for hydroxylation is 1. The van der Waals surface area contributed by atoms with E-state index in [0.717, 1.165) is 60.2 Å². The molecule has 0 aliphatic carbocycles. The molecule has 0 aromatic heterocycles. The molecule has 2 aliphatic heterocycles. The first-order chi connectivity index (χ1) is 17.9. The minimum atomic E-state index is -0.664. The van der Waals surface area contributed by atoms with Crippen LogP contribution in [0.2, 0.25) is 0 Å². The number of carbonyl (C=O) groups is 2. The van der Waals surface area contributed by atoms with Crippen molar-refractivity contribution in [2.24, 2.45) is 0 Å². The van der Waals surface area contributed by atoms with Crippen LogP contribution < -0.4 is 4.74 Å². The van der Waals surface area contributed by atoms with Crippen LogP contribution in [0, 0.1) is 6.92 Å². The number of Topliss-reactive ketones (excluding diaryl/α,β-unsaturated/α-hetero) is 1. The van der Waals surface area contributed by atoms with Crippen LogP contribution in [0.1, 0.15) is 48.9 Å². The number of ketones is 1. The van der Waals surface area contributed by atoms with E-state index in [1.54, 1.807) is 17.0 Å². The van der Waals surface area contributed by atoms with Gasteiger partial charge in [0.2, 0.25) is 0 Å². The molecule has 2 aromatic rings. The average Bonchev–Trinajstić information content (AvgIpc) is 3.15. The van der Waals surface area contributed by atoms with Gasteiger partial charge in [0.15, 0.2) is 0 Å². The van der Waals surface area contributed by atoms with Crippen molar-refractivity contribution in [2.75, 3.05) is 46.0 Å². The van der Waals surface area contributed by atoms with Gasteiger partial charge in [-0.1, -0.05) is 41.4 Å². The number of hydrogen-bond donors (Lipinski definition) is 1. The Morgan fingerprint density at radius 1 is 1.11 bits per heavy atom. The first kappa shape index (κ1) is 27.4. The molecular formula is C29H35BrN2O5. The zero-order valence-corrected chi connectivity index (χ0v) is 23.1. The Morgan fingerprint density at radius 2 is 1.89 bits per heavy atom. The third kappa shape index (κ3) is 6.43. The van der Waals surface area contributed by atoms with Crippen molar-refractivity contribution in [2.45, 2.75) is 39.2 Å². The van der Waals surface area contributed by atoms with E-state index in [2.05, 4.69) is 27.8 Å². The van der Waals surface area contributed by atoms with Crippen LogP contribution in [0.3, 0.4) is 0 Å². The summed E-state index contributed by atoms with van der Waals surface area (Å²) in [6.07, 6.45) is 2.73. The minimum absolute atomic E-state index is 0.119. The van der Waals surface area contributed by atoms with Crippen LogP contribution in [0.5, 0.6) is 5.75 Å². The molecule has 0 saturated carbocycles. The van der Waals surface area contributed by atoms with Gasteiger partial charge in [0.1, 0.15) is 11.5 Å². The highest BCUT2D eigenvalue weighted by Crippen LogP contribution is 2.40. The van der Waals surface area contributed by atoms with E-state index >= 15 is 0 Å². The molecule has 7 nitrogen and oxygen atoms in total. The predicted molar refractivity (Wildman–Crippen MR) is 147 cm³/mol. The third-order valence-electron chi connectivity index (χ3n) is 6.89. The summed E-state index contributed by atoms with van der Waals surface area (Å²) in [4.78, 5) is 30.5. The molecule has 2 fully saturated rings. The number of aliphatic hydroxyl groups excluding tert-OH is 1. The molecular weight excluding hydrogens is 536 g/mol. The predicted octanol–water partition coefficient (Wildman–Crippen LogP) is 5.08. The number of aliphatic hydroxyl groups is 1. The van der Waals surface area contributed by atoms with Gasteiger partial charge in [-0.3, -0.25) is 14.5 Å². The molecule has 37 heavy (non-hydrogen) atoms. The van der Waals surface area contributed by atoms with Gasteiger partial charge in [0, 0.05) is 36.2 Å². The fraction of sp³-hybridized carbons (Fsp3) is 0.448. The maximum Gasteiger partial charge on any atom is 0.295 e. The lowest BCUT2D eigenvalue weighted by Crippen LogP contribution is -2.38. The molecule has 4 rings (SSSR count). The van der Waals surface area contributed by atoms with E-state index in [-0.39, 0.29) is 11.3 Å². The number of ether oxygens (including phenoxy) is 2. The van der Waals surface area contributed by atoms with Crippen molar-refractivity contribution >= 4 is 33.4 Å². The monoisotopic (exact) mass is 570 g/mol. The topological polar surface area (TPSA) is 79.3 Å². The fourth-order valence-corrected chi connectivity index (χ4v) is 5.28. The summed E-state index contributed by atoms with van der Waals surface area (Å²) < 4.78 is 12.1. The first-order valence-corrected chi connectivity index (χ1v) is 13.8. The summed E-state index contributed by atoms with van der Waals surface area (Å²) in [6.45, 7) is 9.03. The molecule has 0 bridgehead atoms. The van der Waals surface area contributed by atoms with Gasteiger partial charge in [-0.25, -0.2) is 0 Å². The van der Waals surface area contributed by atoms with E-state index < -0.39 is 17.7 Å². The summed E-state index contributed by atoms with van der Waals surface area (Å²) in [5.41, 5.74) is 2.25. The Morgan fingerprint density at radius 3 is 2.59 bits per heavy atom. The molecule has 0 unspecified atom stereocenters. The van der Waals surface area contributed by atoms with E-state index in [1.807, 2.05) is 37.3 Å². The van der Waals surface area contributed by atoms with Gasteiger partial charge in [-0.15, -0.1) is 0 Å². The highest BCUT2D eigenvalue weighted by Gasteiger charge is 2.45. The Labute approximate surface area is 227 Å². The number of halogens is 1. The van der Waals surface area contributed by atoms with Gasteiger partial charge >= 0.3 is 0 Å². The summed E-state index contributed by atoms with van der Waals surface area (Å²) in [7, 11) is 0. The number of hydrogen-bond acceptors (Lipinski definition) is 6. The van der Waals surface area contributed by atoms with Crippen molar-refractivity contribution in [3.63, 3.8) is 0 Å². The Kier molecular flexibility index (Phi) is 9.40.